The standard InChI is InChI=1S/C16H17BrN4/c1-2-21-15(7-8-19-21)16(20-18)13-4-3-12-10-14(17)6-5-11(12)9-13/h3-10,16,20H,2,18H2,1H3. The summed E-state index contributed by atoms with van der Waals surface area (Å²) in [5, 5.41) is 6.71. The lowest BCUT2D eigenvalue weighted by atomic mass is 10.00. The highest BCUT2D eigenvalue weighted by molar-refractivity contribution is 9.10. The molecule has 5 heteroatoms. The van der Waals surface area contributed by atoms with Crippen LogP contribution in [0.15, 0.2) is 53.1 Å². The normalized spacial score (nSPS) is 12.7. The van der Waals surface area contributed by atoms with Gasteiger partial charge < -0.3 is 0 Å². The average Bonchev–Trinajstić information content (AvgIpc) is 2.96. The van der Waals surface area contributed by atoms with E-state index in [2.05, 4.69) is 63.7 Å². The van der Waals surface area contributed by atoms with Crippen LogP contribution in [-0.2, 0) is 6.54 Å². The molecule has 0 bridgehead atoms. The zero-order valence-corrected chi connectivity index (χ0v) is 13.3. The number of aromatic nitrogens is 2. The van der Waals surface area contributed by atoms with E-state index in [1.807, 2.05) is 16.8 Å². The Morgan fingerprint density at radius 1 is 1.19 bits per heavy atom. The number of fused-ring (bicyclic) bond motifs is 1. The van der Waals surface area contributed by atoms with Crippen LogP contribution in [-0.4, -0.2) is 9.78 Å². The SMILES string of the molecule is CCn1nccc1C(NN)c1ccc2cc(Br)ccc2c1. The molecule has 3 rings (SSSR count). The van der Waals surface area contributed by atoms with Crippen molar-refractivity contribution in [3.05, 3.63) is 64.4 Å². The summed E-state index contributed by atoms with van der Waals surface area (Å²) in [5.41, 5.74) is 5.09. The van der Waals surface area contributed by atoms with E-state index in [9.17, 15) is 0 Å². The molecule has 1 aromatic heterocycles. The highest BCUT2D eigenvalue weighted by Gasteiger charge is 2.16. The van der Waals surface area contributed by atoms with Crippen molar-refractivity contribution in [1.29, 1.82) is 0 Å². The van der Waals surface area contributed by atoms with Crippen LogP contribution in [0.5, 0.6) is 0 Å². The van der Waals surface area contributed by atoms with E-state index in [0.717, 1.165) is 22.3 Å². The fourth-order valence-corrected chi connectivity index (χ4v) is 3.00. The Morgan fingerprint density at radius 3 is 2.71 bits per heavy atom. The monoisotopic (exact) mass is 344 g/mol. The number of rotatable bonds is 4. The summed E-state index contributed by atoms with van der Waals surface area (Å²) in [6, 6.07) is 14.6. The van der Waals surface area contributed by atoms with Crippen LogP contribution in [0, 0.1) is 0 Å². The molecule has 1 heterocycles. The van der Waals surface area contributed by atoms with Crippen molar-refractivity contribution in [1.82, 2.24) is 15.2 Å². The summed E-state index contributed by atoms with van der Waals surface area (Å²) in [6.07, 6.45) is 1.81. The Kier molecular flexibility index (Phi) is 4.05. The van der Waals surface area contributed by atoms with Gasteiger partial charge in [0.2, 0.25) is 0 Å². The first-order chi connectivity index (χ1) is 10.2. The average molecular weight is 345 g/mol. The van der Waals surface area contributed by atoms with Crippen LogP contribution in [0.1, 0.15) is 24.2 Å². The van der Waals surface area contributed by atoms with Crippen LogP contribution >= 0.6 is 15.9 Å². The Balaban J connectivity index is 2.07. The highest BCUT2D eigenvalue weighted by atomic mass is 79.9. The van der Waals surface area contributed by atoms with E-state index in [-0.39, 0.29) is 6.04 Å². The minimum atomic E-state index is -0.0690. The molecule has 0 aliphatic heterocycles. The number of hydrogen-bond donors (Lipinski definition) is 2. The molecule has 0 fully saturated rings. The minimum absolute atomic E-state index is 0.0690. The molecule has 4 nitrogen and oxygen atoms in total. The molecule has 0 saturated carbocycles. The molecule has 0 saturated heterocycles. The molecule has 0 spiro atoms. The van der Waals surface area contributed by atoms with Gasteiger partial charge in [-0.05, 0) is 47.5 Å². The first-order valence-corrected chi connectivity index (χ1v) is 7.69. The number of halogens is 1. The Bertz CT molecular complexity index is 766. The molecule has 0 amide bonds. The lowest BCUT2D eigenvalue weighted by Gasteiger charge is -2.18. The molecular weight excluding hydrogens is 328 g/mol. The number of nitrogens with zero attached hydrogens (tertiary/aromatic N) is 2. The fraction of sp³-hybridized carbons (Fsp3) is 0.188. The maximum Gasteiger partial charge on any atom is 0.0878 e. The number of nitrogens with two attached hydrogens (primary N) is 1. The first-order valence-electron chi connectivity index (χ1n) is 6.90. The summed E-state index contributed by atoms with van der Waals surface area (Å²) in [5.74, 6) is 5.79. The lowest BCUT2D eigenvalue weighted by molar-refractivity contribution is 0.544. The van der Waals surface area contributed by atoms with Crippen molar-refractivity contribution in [3.8, 4) is 0 Å². The van der Waals surface area contributed by atoms with Crippen molar-refractivity contribution < 1.29 is 0 Å². The Labute approximate surface area is 132 Å². The third-order valence-corrected chi connectivity index (χ3v) is 4.16. The van der Waals surface area contributed by atoms with Gasteiger partial charge in [-0.15, -0.1) is 0 Å². The van der Waals surface area contributed by atoms with Crippen molar-refractivity contribution in [2.24, 2.45) is 5.84 Å². The summed E-state index contributed by atoms with van der Waals surface area (Å²) < 4.78 is 3.04. The summed E-state index contributed by atoms with van der Waals surface area (Å²) in [7, 11) is 0. The van der Waals surface area contributed by atoms with E-state index in [1.165, 1.54) is 10.8 Å². The molecule has 3 N–H and O–H groups in total. The largest absolute Gasteiger partial charge is 0.271 e. The van der Waals surface area contributed by atoms with E-state index in [4.69, 9.17) is 5.84 Å². The molecule has 21 heavy (non-hydrogen) atoms. The van der Waals surface area contributed by atoms with E-state index < -0.39 is 0 Å². The summed E-state index contributed by atoms with van der Waals surface area (Å²) >= 11 is 3.50. The molecule has 2 aromatic carbocycles. The van der Waals surface area contributed by atoms with Crippen molar-refractivity contribution in [2.45, 2.75) is 19.5 Å². The first kappa shape index (κ1) is 14.3. The van der Waals surface area contributed by atoms with E-state index in [1.54, 1.807) is 6.20 Å². The summed E-state index contributed by atoms with van der Waals surface area (Å²) in [4.78, 5) is 0. The van der Waals surface area contributed by atoms with Gasteiger partial charge in [-0.2, -0.15) is 5.10 Å². The van der Waals surface area contributed by atoms with Gasteiger partial charge in [0, 0.05) is 17.2 Å². The molecule has 0 aliphatic rings. The predicted octanol–water partition coefficient (Wildman–Crippen LogP) is 3.37. The number of hydrogen-bond acceptors (Lipinski definition) is 3. The minimum Gasteiger partial charge on any atom is -0.271 e. The molecule has 0 radical (unpaired) electrons. The third kappa shape index (κ3) is 2.72. The molecular formula is C16H17BrN4. The van der Waals surface area contributed by atoms with Crippen molar-refractivity contribution >= 4 is 26.7 Å². The van der Waals surface area contributed by atoms with Gasteiger partial charge in [0.15, 0.2) is 0 Å². The number of benzene rings is 2. The molecule has 108 valence electrons. The second kappa shape index (κ2) is 5.97. The second-order valence-corrected chi connectivity index (χ2v) is 5.84. The maximum atomic E-state index is 5.79. The number of hydrazine groups is 1. The van der Waals surface area contributed by atoms with Gasteiger partial charge in [-0.25, -0.2) is 5.43 Å². The van der Waals surface area contributed by atoms with E-state index in [0.29, 0.717) is 0 Å². The number of aryl methyl sites for hydroxylation is 1. The summed E-state index contributed by atoms with van der Waals surface area (Å²) in [6.45, 7) is 2.89. The lowest BCUT2D eigenvalue weighted by Crippen LogP contribution is -2.30. The van der Waals surface area contributed by atoms with Crippen LogP contribution in [0.3, 0.4) is 0 Å². The topological polar surface area (TPSA) is 55.9 Å². The smallest absolute Gasteiger partial charge is 0.0878 e. The van der Waals surface area contributed by atoms with Gasteiger partial charge in [0.25, 0.3) is 0 Å². The Hall–Kier alpha value is -1.69. The van der Waals surface area contributed by atoms with Crippen molar-refractivity contribution in [2.75, 3.05) is 0 Å². The molecule has 1 atom stereocenters. The molecule has 0 aliphatic carbocycles. The zero-order valence-electron chi connectivity index (χ0n) is 11.8. The maximum absolute atomic E-state index is 5.79. The molecule has 1 unspecified atom stereocenters. The quantitative estimate of drug-likeness (QED) is 0.563. The van der Waals surface area contributed by atoms with Crippen LogP contribution < -0.4 is 11.3 Å². The predicted molar refractivity (Wildman–Crippen MR) is 88.7 cm³/mol. The zero-order chi connectivity index (χ0) is 14.8. The van der Waals surface area contributed by atoms with Crippen molar-refractivity contribution in [3.63, 3.8) is 0 Å². The van der Waals surface area contributed by atoms with Crippen LogP contribution in [0.2, 0.25) is 0 Å². The van der Waals surface area contributed by atoms with Gasteiger partial charge in [-0.3, -0.25) is 10.5 Å². The molecule has 3 aromatic rings. The third-order valence-electron chi connectivity index (χ3n) is 3.67. The van der Waals surface area contributed by atoms with Crippen LogP contribution in [0.25, 0.3) is 10.8 Å². The van der Waals surface area contributed by atoms with E-state index >= 15 is 0 Å². The van der Waals surface area contributed by atoms with Crippen LogP contribution in [0.4, 0.5) is 0 Å². The van der Waals surface area contributed by atoms with Gasteiger partial charge in [-0.1, -0.05) is 34.1 Å². The second-order valence-electron chi connectivity index (χ2n) is 4.92. The van der Waals surface area contributed by atoms with Gasteiger partial charge in [0.1, 0.15) is 0 Å². The number of nitrogens with one attached hydrogen (secondary N) is 1. The fourth-order valence-electron chi connectivity index (χ4n) is 2.62. The Morgan fingerprint density at radius 2 is 1.95 bits per heavy atom. The van der Waals surface area contributed by atoms with Gasteiger partial charge >= 0.3 is 0 Å². The highest BCUT2D eigenvalue weighted by Crippen LogP contribution is 2.26. The van der Waals surface area contributed by atoms with Gasteiger partial charge in [0.05, 0.1) is 11.7 Å².